The van der Waals surface area contributed by atoms with E-state index in [1.165, 1.54) is 25.7 Å². The molecule has 0 atom stereocenters. The second kappa shape index (κ2) is 10.9. The molecule has 38 heavy (non-hydrogen) atoms. The molecule has 0 saturated carbocycles. The minimum Gasteiger partial charge on any atom is -0.389 e. The Labute approximate surface area is 221 Å². The predicted molar refractivity (Wildman–Crippen MR) is 124 cm³/mol. The van der Waals surface area contributed by atoms with Gasteiger partial charge in [0.25, 0.3) is 17.4 Å². The number of carbonyl (C=O) groups excluding carboxylic acids is 2. The van der Waals surface area contributed by atoms with Crippen molar-refractivity contribution in [3.05, 3.63) is 39.2 Å². The summed E-state index contributed by atoms with van der Waals surface area (Å²) in [6.07, 6.45) is -12.7. The first-order valence-corrected chi connectivity index (χ1v) is 12.1. The van der Waals surface area contributed by atoms with Crippen LogP contribution < -0.4 is 5.32 Å². The van der Waals surface area contributed by atoms with Crippen LogP contribution in [0.15, 0.2) is 12.1 Å². The maximum Gasteiger partial charge on any atom is 0.430 e. The summed E-state index contributed by atoms with van der Waals surface area (Å²) in [7, 11) is 0. The molecule has 0 unspecified atom stereocenters. The highest BCUT2D eigenvalue weighted by atomic mass is 35.5. The smallest absolute Gasteiger partial charge is 0.389 e. The molecule has 3 N–H and O–H groups in total. The van der Waals surface area contributed by atoms with Gasteiger partial charge in [-0.05, 0) is 27.7 Å². The molecule has 2 rings (SSSR count). The molecular weight excluding hydrogens is 571 g/mol. The van der Waals surface area contributed by atoms with E-state index in [2.05, 4.69) is 10.3 Å². The Balaban J connectivity index is 2.76. The third-order valence-corrected chi connectivity index (χ3v) is 6.59. The number of aliphatic hydroxyl groups is 2. The van der Waals surface area contributed by atoms with Gasteiger partial charge in [0.05, 0.1) is 15.5 Å². The maximum absolute atomic E-state index is 15.0. The van der Waals surface area contributed by atoms with Gasteiger partial charge in [-0.25, -0.2) is 9.37 Å². The van der Waals surface area contributed by atoms with Crippen LogP contribution in [0.5, 0.6) is 0 Å². The fraction of sp³-hybridized carbons (Fsp3) is 0.500. The van der Waals surface area contributed by atoms with Crippen LogP contribution in [0.2, 0.25) is 5.02 Å². The zero-order valence-electron chi connectivity index (χ0n) is 20.3. The number of rotatable bonds is 8. The molecule has 0 fully saturated rings. The van der Waals surface area contributed by atoms with Crippen LogP contribution in [-0.2, 0) is 5.60 Å². The van der Waals surface area contributed by atoms with Crippen LogP contribution in [0.1, 0.15) is 53.5 Å². The quantitative estimate of drug-likeness (QED) is 0.378. The molecule has 0 bridgehead atoms. The lowest BCUT2D eigenvalue weighted by Crippen LogP contribution is -2.54. The lowest BCUT2D eigenvalue weighted by atomic mass is 9.90. The molecule has 0 aliphatic rings. The SMILES string of the molecule is CCNC(=O)c1nc(C(=O)N(CC)CC(C)(C)O)sc1-c1ccc(C(O)(C(F)(F)F)C(F)(F)F)c(F)c1Cl. The van der Waals surface area contributed by atoms with Crippen LogP contribution >= 0.6 is 22.9 Å². The summed E-state index contributed by atoms with van der Waals surface area (Å²) < 4.78 is 94.8. The number of likely N-dealkylation sites (N-methyl/N-ethyl adjacent to an activating group) is 1. The predicted octanol–water partition coefficient (Wildman–Crippen LogP) is 4.90. The third-order valence-electron chi connectivity index (χ3n) is 5.15. The lowest BCUT2D eigenvalue weighted by Gasteiger charge is -2.33. The molecule has 1 aromatic carbocycles. The Bertz CT molecular complexity index is 1200. The van der Waals surface area contributed by atoms with Crippen molar-refractivity contribution >= 4 is 34.8 Å². The molecule has 7 nitrogen and oxygen atoms in total. The van der Waals surface area contributed by atoms with Crippen molar-refractivity contribution in [1.82, 2.24) is 15.2 Å². The zero-order valence-corrected chi connectivity index (χ0v) is 21.9. The molecule has 1 aromatic heterocycles. The fourth-order valence-corrected chi connectivity index (χ4v) is 4.77. The van der Waals surface area contributed by atoms with Gasteiger partial charge in [-0.3, -0.25) is 9.59 Å². The van der Waals surface area contributed by atoms with Crippen molar-refractivity contribution in [2.24, 2.45) is 0 Å². The Kier molecular flexibility index (Phi) is 9.14. The Morgan fingerprint density at radius 2 is 1.63 bits per heavy atom. The number of aromatic nitrogens is 1. The van der Waals surface area contributed by atoms with E-state index in [0.29, 0.717) is 17.4 Å². The topological polar surface area (TPSA) is 103 Å². The van der Waals surface area contributed by atoms with Crippen molar-refractivity contribution in [2.75, 3.05) is 19.6 Å². The average molecular weight is 594 g/mol. The Hall–Kier alpha value is -2.49. The number of nitrogens with one attached hydrogen (secondary N) is 1. The van der Waals surface area contributed by atoms with Crippen molar-refractivity contribution in [1.29, 1.82) is 0 Å². The van der Waals surface area contributed by atoms with Gasteiger partial charge in [0.15, 0.2) is 5.01 Å². The number of carbonyl (C=O) groups is 2. The molecule has 0 saturated heterocycles. The van der Waals surface area contributed by atoms with Crippen LogP contribution in [0.3, 0.4) is 0 Å². The number of thiazole rings is 1. The molecule has 2 aromatic rings. The molecule has 1 heterocycles. The van der Waals surface area contributed by atoms with Gasteiger partial charge in [-0.2, -0.15) is 26.3 Å². The fourth-order valence-electron chi connectivity index (χ4n) is 3.39. The van der Waals surface area contributed by atoms with Crippen molar-refractivity contribution in [2.45, 2.75) is 51.2 Å². The standard InChI is InChI=1S/C22H23ClF7N3O4S/c1-5-31-16(34)14-15(38-17(32-14)18(35)33(6-2)9-19(3,4)36)10-7-8-11(13(24)12(10)23)20(37,21(25,26)27)22(28,29)30/h7-8,36-37H,5-6,9H2,1-4H3,(H,31,34). The number of alkyl halides is 6. The largest absolute Gasteiger partial charge is 0.430 e. The van der Waals surface area contributed by atoms with Crippen LogP contribution in [0.25, 0.3) is 10.4 Å². The van der Waals surface area contributed by atoms with Gasteiger partial charge in [-0.1, -0.05) is 23.7 Å². The third kappa shape index (κ3) is 6.05. The number of nitrogens with zero attached hydrogens (tertiary/aromatic N) is 2. The van der Waals surface area contributed by atoms with Crippen molar-refractivity contribution < 1.29 is 50.5 Å². The summed E-state index contributed by atoms with van der Waals surface area (Å²) in [5.74, 6) is -3.87. The number of hydrogen-bond acceptors (Lipinski definition) is 6. The van der Waals surface area contributed by atoms with Crippen LogP contribution in [-0.4, -0.2) is 69.5 Å². The Morgan fingerprint density at radius 3 is 2.08 bits per heavy atom. The monoisotopic (exact) mass is 593 g/mol. The molecule has 0 aliphatic carbocycles. The van der Waals surface area contributed by atoms with E-state index in [0.717, 1.165) is 0 Å². The second-order valence-corrected chi connectivity index (χ2v) is 10.1. The van der Waals surface area contributed by atoms with Gasteiger partial charge in [0.1, 0.15) is 11.5 Å². The summed E-state index contributed by atoms with van der Waals surface area (Å²) in [6, 6.07) is 0.606. The Morgan fingerprint density at radius 1 is 1.08 bits per heavy atom. The van der Waals surface area contributed by atoms with Gasteiger partial charge < -0.3 is 20.4 Å². The number of amides is 2. The summed E-state index contributed by atoms with van der Waals surface area (Å²) >= 11 is 6.35. The average Bonchev–Trinajstić information content (AvgIpc) is 3.21. The van der Waals surface area contributed by atoms with Crippen molar-refractivity contribution in [3.63, 3.8) is 0 Å². The number of halogens is 8. The van der Waals surface area contributed by atoms with Gasteiger partial charge in [0, 0.05) is 30.8 Å². The number of hydrogen-bond donors (Lipinski definition) is 3. The summed E-state index contributed by atoms with van der Waals surface area (Å²) in [6.45, 7) is 6.03. The minimum absolute atomic E-state index is 0.0485. The first kappa shape index (κ1) is 31.7. The van der Waals surface area contributed by atoms with Crippen LogP contribution in [0, 0.1) is 5.82 Å². The van der Waals surface area contributed by atoms with E-state index in [-0.39, 0.29) is 35.6 Å². The molecular formula is C22H23ClF7N3O4S. The normalized spacial score (nSPS) is 13.0. The highest BCUT2D eigenvalue weighted by molar-refractivity contribution is 7.17. The van der Waals surface area contributed by atoms with Crippen LogP contribution in [0.4, 0.5) is 30.7 Å². The molecule has 0 spiro atoms. The molecule has 2 amide bonds. The summed E-state index contributed by atoms with van der Waals surface area (Å²) in [5.41, 5.74) is -10.1. The first-order valence-electron chi connectivity index (χ1n) is 10.9. The molecule has 0 aliphatic heterocycles. The van der Waals surface area contributed by atoms with E-state index in [4.69, 9.17) is 11.6 Å². The highest BCUT2D eigenvalue weighted by Crippen LogP contribution is 2.52. The van der Waals surface area contributed by atoms with Gasteiger partial charge in [-0.15, -0.1) is 11.3 Å². The van der Waals surface area contributed by atoms with E-state index in [1.54, 1.807) is 6.92 Å². The summed E-state index contributed by atoms with van der Waals surface area (Å²) in [5, 5.41) is 20.4. The first-order chi connectivity index (χ1) is 17.2. The zero-order chi connectivity index (χ0) is 29.4. The summed E-state index contributed by atoms with van der Waals surface area (Å²) in [4.78, 5) is 30.5. The van der Waals surface area contributed by atoms with E-state index in [1.807, 2.05) is 0 Å². The lowest BCUT2D eigenvalue weighted by molar-refractivity contribution is -0.377. The molecule has 212 valence electrons. The molecule has 16 heteroatoms. The minimum atomic E-state index is -6.36. The highest BCUT2D eigenvalue weighted by Gasteiger charge is 2.72. The van der Waals surface area contributed by atoms with Gasteiger partial charge >= 0.3 is 12.4 Å². The van der Waals surface area contributed by atoms with E-state index in [9.17, 15) is 46.1 Å². The maximum atomic E-state index is 15.0. The van der Waals surface area contributed by atoms with Gasteiger partial charge in [0.2, 0.25) is 0 Å². The van der Waals surface area contributed by atoms with E-state index < -0.39 is 63.0 Å². The molecule has 0 radical (unpaired) electrons. The van der Waals surface area contributed by atoms with E-state index >= 15 is 4.39 Å². The number of benzene rings is 1. The second-order valence-electron chi connectivity index (χ2n) is 8.68. The van der Waals surface area contributed by atoms with Crippen molar-refractivity contribution in [3.8, 4) is 10.4 Å².